The van der Waals surface area contributed by atoms with Gasteiger partial charge in [0.05, 0.1) is 11.9 Å². The van der Waals surface area contributed by atoms with Gasteiger partial charge in [-0.05, 0) is 17.9 Å². The highest BCUT2D eigenvalue weighted by atomic mass is 14.9. The molecule has 14 heavy (non-hydrogen) atoms. The van der Waals surface area contributed by atoms with Gasteiger partial charge in [0.1, 0.15) is 5.52 Å². The predicted octanol–water partition coefficient (Wildman–Crippen LogP) is 2.55. The minimum absolute atomic E-state index is 0.263. The van der Waals surface area contributed by atoms with Gasteiger partial charge >= 0.3 is 0 Å². The number of nitrogens with one attached hydrogen (secondary N) is 1. The largest absolute Gasteiger partial charge is 0.345 e. The maximum Gasteiger partial charge on any atom is 0.155 e. The first-order valence-electron chi connectivity index (χ1n) is 4.84. The van der Waals surface area contributed by atoms with Gasteiger partial charge in [-0.25, -0.2) is 9.97 Å². The molecular weight excluding hydrogens is 174 g/mol. The van der Waals surface area contributed by atoms with Crippen molar-refractivity contribution in [1.29, 1.82) is 0 Å². The van der Waals surface area contributed by atoms with Crippen LogP contribution in [0.15, 0.2) is 18.5 Å². The fourth-order valence-electron chi connectivity index (χ4n) is 1.50. The summed E-state index contributed by atoms with van der Waals surface area (Å²) in [4.78, 5) is 11.9. The van der Waals surface area contributed by atoms with Crippen LogP contribution in [0.4, 0.5) is 0 Å². The van der Waals surface area contributed by atoms with Gasteiger partial charge in [0.15, 0.2) is 5.65 Å². The van der Waals surface area contributed by atoms with E-state index in [1.165, 1.54) is 0 Å². The SMILES string of the molecule is CC(C)(C)Cc1cnc2[nH]ccc2n1. The summed E-state index contributed by atoms with van der Waals surface area (Å²) in [5, 5.41) is 0. The van der Waals surface area contributed by atoms with Gasteiger partial charge in [-0.15, -0.1) is 0 Å². The summed E-state index contributed by atoms with van der Waals surface area (Å²) in [6.07, 6.45) is 4.68. The molecule has 0 aromatic carbocycles. The molecule has 2 rings (SSSR count). The van der Waals surface area contributed by atoms with Crippen molar-refractivity contribution in [2.45, 2.75) is 27.2 Å². The fourth-order valence-corrected chi connectivity index (χ4v) is 1.50. The Morgan fingerprint density at radius 1 is 1.36 bits per heavy atom. The standard InChI is InChI=1S/C11H15N3/c1-11(2,3)6-8-7-13-10-9(14-8)4-5-12-10/h4-5,7H,6H2,1-3H3,(H,12,13). The Labute approximate surface area is 83.6 Å². The summed E-state index contributed by atoms with van der Waals surface area (Å²) in [5.74, 6) is 0. The highest BCUT2D eigenvalue weighted by Gasteiger charge is 2.12. The zero-order valence-electron chi connectivity index (χ0n) is 8.83. The van der Waals surface area contributed by atoms with Crippen LogP contribution in [-0.4, -0.2) is 15.0 Å². The molecule has 0 bridgehead atoms. The molecule has 0 unspecified atom stereocenters. The van der Waals surface area contributed by atoms with Crippen molar-refractivity contribution in [3.05, 3.63) is 24.2 Å². The number of nitrogens with zero attached hydrogens (tertiary/aromatic N) is 2. The second-order valence-corrected chi connectivity index (χ2v) is 4.81. The Balaban J connectivity index is 2.35. The van der Waals surface area contributed by atoms with Crippen molar-refractivity contribution in [3.8, 4) is 0 Å². The van der Waals surface area contributed by atoms with E-state index in [9.17, 15) is 0 Å². The molecule has 0 amide bonds. The lowest BCUT2D eigenvalue weighted by atomic mass is 9.91. The topological polar surface area (TPSA) is 41.6 Å². The second kappa shape index (κ2) is 3.08. The third kappa shape index (κ3) is 1.92. The average molecular weight is 189 g/mol. The molecule has 74 valence electrons. The van der Waals surface area contributed by atoms with E-state index in [1.807, 2.05) is 18.5 Å². The summed E-state index contributed by atoms with van der Waals surface area (Å²) in [5.41, 5.74) is 3.14. The van der Waals surface area contributed by atoms with Crippen LogP contribution >= 0.6 is 0 Å². The minimum Gasteiger partial charge on any atom is -0.345 e. The maximum atomic E-state index is 4.53. The lowest BCUT2D eigenvalue weighted by Gasteiger charge is -2.16. The van der Waals surface area contributed by atoms with Crippen LogP contribution < -0.4 is 0 Å². The molecule has 0 atom stereocenters. The van der Waals surface area contributed by atoms with Crippen LogP contribution in [0.25, 0.3) is 11.2 Å². The smallest absolute Gasteiger partial charge is 0.155 e. The first-order chi connectivity index (χ1) is 6.54. The average Bonchev–Trinajstić information content (AvgIpc) is 2.47. The van der Waals surface area contributed by atoms with E-state index in [0.717, 1.165) is 23.3 Å². The molecular formula is C11H15N3. The van der Waals surface area contributed by atoms with E-state index in [-0.39, 0.29) is 5.41 Å². The van der Waals surface area contributed by atoms with E-state index >= 15 is 0 Å². The van der Waals surface area contributed by atoms with Gasteiger partial charge in [0.2, 0.25) is 0 Å². The molecule has 3 heteroatoms. The molecule has 2 aromatic heterocycles. The minimum atomic E-state index is 0.263. The third-order valence-corrected chi connectivity index (χ3v) is 2.02. The van der Waals surface area contributed by atoms with Crippen LogP contribution in [0.5, 0.6) is 0 Å². The first-order valence-corrected chi connectivity index (χ1v) is 4.84. The predicted molar refractivity (Wildman–Crippen MR) is 57.0 cm³/mol. The molecule has 0 radical (unpaired) electrons. The Kier molecular flexibility index (Phi) is 2.02. The maximum absolute atomic E-state index is 4.53. The Bertz CT molecular complexity index is 437. The molecule has 0 saturated carbocycles. The van der Waals surface area contributed by atoms with Gasteiger partial charge in [-0.3, -0.25) is 0 Å². The molecule has 0 aliphatic rings. The Morgan fingerprint density at radius 3 is 2.86 bits per heavy atom. The number of hydrogen-bond acceptors (Lipinski definition) is 2. The van der Waals surface area contributed by atoms with E-state index in [2.05, 4.69) is 35.7 Å². The van der Waals surface area contributed by atoms with Crippen LogP contribution in [0.3, 0.4) is 0 Å². The molecule has 2 aromatic rings. The number of fused-ring (bicyclic) bond motifs is 1. The monoisotopic (exact) mass is 189 g/mol. The summed E-state index contributed by atoms with van der Waals surface area (Å²) < 4.78 is 0. The summed E-state index contributed by atoms with van der Waals surface area (Å²) in [6.45, 7) is 6.61. The van der Waals surface area contributed by atoms with Crippen molar-refractivity contribution in [3.63, 3.8) is 0 Å². The van der Waals surface area contributed by atoms with Gasteiger partial charge in [0.25, 0.3) is 0 Å². The molecule has 0 fully saturated rings. The Morgan fingerprint density at radius 2 is 2.14 bits per heavy atom. The number of aromatic amines is 1. The molecule has 0 aliphatic carbocycles. The zero-order chi connectivity index (χ0) is 10.2. The third-order valence-electron chi connectivity index (χ3n) is 2.02. The van der Waals surface area contributed by atoms with Crippen molar-refractivity contribution in [1.82, 2.24) is 15.0 Å². The zero-order valence-corrected chi connectivity index (χ0v) is 8.83. The molecule has 2 heterocycles. The van der Waals surface area contributed by atoms with Crippen molar-refractivity contribution in [2.75, 3.05) is 0 Å². The molecule has 1 N–H and O–H groups in total. The molecule has 3 nitrogen and oxygen atoms in total. The van der Waals surface area contributed by atoms with Gasteiger partial charge in [0, 0.05) is 6.20 Å². The highest BCUT2D eigenvalue weighted by Crippen LogP contribution is 2.19. The number of aromatic nitrogens is 3. The normalized spacial score (nSPS) is 12.2. The summed E-state index contributed by atoms with van der Waals surface area (Å²) >= 11 is 0. The summed E-state index contributed by atoms with van der Waals surface area (Å²) in [6, 6.07) is 1.95. The van der Waals surface area contributed by atoms with Crippen LogP contribution in [0.1, 0.15) is 26.5 Å². The highest BCUT2D eigenvalue weighted by molar-refractivity contribution is 5.69. The van der Waals surface area contributed by atoms with Gasteiger partial charge in [-0.1, -0.05) is 20.8 Å². The van der Waals surface area contributed by atoms with Crippen molar-refractivity contribution < 1.29 is 0 Å². The van der Waals surface area contributed by atoms with Crippen molar-refractivity contribution in [2.24, 2.45) is 5.41 Å². The number of rotatable bonds is 1. The van der Waals surface area contributed by atoms with E-state index < -0.39 is 0 Å². The van der Waals surface area contributed by atoms with E-state index in [0.29, 0.717) is 0 Å². The van der Waals surface area contributed by atoms with Crippen LogP contribution in [0.2, 0.25) is 0 Å². The number of hydrogen-bond donors (Lipinski definition) is 1. The second-order valence-electron chi connectivity index (χ2n) is 4.81. The van der Waals surface area contributed by atoms with Crippen LogP contribution in [-0.2, 0) is 6.42 Å². The van der Waals surface area contributed by atoms with E-state index in [4.69, 9.17) is 0 Å². The van der Waals surface area contributed by atoms with E-state index in [1.54, 1.807) is 0 Å². The quantitative estimate of drug-likeness (QED) is 0.749. The number of H-pyrrole nitrogens is 1. The lowest BCUT2D eigenvalue weighted by molar-refractivity contribution is 0.406. The van der Waals surface area contributed by atoms with Crippen LogP contribution in [0, 0.1) is 5.41 Å². The first kappa shape index (κ1) is 9.19. The molecule has 0 spiro atoms. The molecule has 0 aliphatic heterocycles. The Hall–Kier alpha value is -1.38. The molecule has 0 saturated heterocycles. The van der Waals surface area contributed by atoms with Crippen molar-refractivity contribution >= 4 is 11.2 Å². The van der Waals surface area contributed by atoms with Gasteiger partial charge < -0.3 is 4.98 Å². The van der Waals surface area contributed by atoms with Gasteiger partial charge in [-0.2, -0.15) is 0 Å². The lowest BCUT2D eigenvalue weighted by Crippen LogP contribution is -2.10. The fraction of sp³-hybridized carbons (Fsp3) is 0.455. The summed E-state index contributed by atoms with van der Waals surface area (Å²) in [7, 11) is 0.